The third-order valence-electron chi connectivity index (χ3n) is 2.80. The Morgan fingerprint density at radius 3 is 2.65 bits per heavy atom. The molecule has 0 aliphatic carbocycles. The fourth-order valence-electron chi connectivity index (χ4n) is 1.75. The summed E-state index contributed by atoms with van der Waals surface area (Å²) in [5, 5.41) is 3.07. The van der Waals surface area contributed by atoms with E-state index in [-0.39, 0.29) is 11.8 Å². The molecule has 2 aromatic rings. The van der Waals surface area contributed by atoms with E-state index >= 15 is 0 Å². The van der Waals surface area contributed by atoms with Gasteiger partial charge in [0.05, 0.1) is 0 Å². The molecule has 0 aliphatic heterocycles. The van der Waals surface area contributed by atoms with E-state index in [2.05, 4.69) is 15.3 Å². The molecule has 1 N–H and O–H groups in total. The Morgan fingerprint density at radius 1 is 1.25 bits per heavy atom. The number of pyridine rings is 2. The number of anilines is 1. The molecule has 20 heavy (non-hydrogen) atoms. The lowest BCUT2D eigenvalue weighted by molar-refractivity contribution is 0.102. The molecule has 0 spiro atoms. The van der Waals surface area contributed by atoms with Crippen molar-refractivity contribution >= 4 is 23.3 Å². The van der Waals surface area contributed by atoms with Crippen LogP contribution in [-0.2, 0) is 0 Å². The van der Waals surface area contributed by atoms with Gasteiger partial charge >= 0.3 is 0 Å². The van der Waals surface area contributed by atoms with Crippen LogP contribution in [-0.4, -0.2) is 15.9 Å². The van der Waals surface area contributed by atoms with Gasteiger partial charge in [0.2, 0.25) is 0 Å². The lowest BCUT2D eigenvalue weighted by Crippen LogP contribution is -2.14. The second-order valence-corrected chi connectivity index (χ2v) is 5.26. The largest absolute Gasteiger partial charge is 0.307 e. The normalized spacial score (nSPS) is 10.7. The number of carbonyl (C=O) groups is 1. The van der Waals surface area contributed by atoms with Gasteiger partial charge < -0.3 is 5.32 Å². The maximum absolute atomic E-state index is 12.2. The first-order valence-electron chi connectivity index (χ1n) is 6.38. The quantitative estimate of drug-likeness (QED) is 0.874. The third-order valence-corrected chi connectivity index (χ3v) is 2.99. The van der Waals surface area contributed by atoms with Crippen LogP contribution in [0.3, 0.4) is 0 Å². The van der Waals surface area contributed by atoms with Crippen molar-refractivity contribution in [1.29, 1.82) is 0 Å². The van der Waals surface area contributed by atoms with E-state index in [1.807, 2.05) is 32.9 Å². The van der Waals surface area contributed by atoms with Gasteiger partial charge in [0.15, 0.2) is 0 Å². The first kappa shape index (κ1) is 14.5. The molecule has 0 aromatic carbocycles. The summed E-state index contributed by atoms with van der Waals surface area (Å²) in [5.41, 5.74) is 2.12. The minimum atomic E-state index is -0.241. The Bertz CT molecular complexity index is 641. The highest BCUT2D eigenvalue weighted by Crippen LogP contribution is 2.18. The molecule has 0 radical (unpaired) electrons. The van der Waals surface area contributed by atoms with E-state index < -0.39 is 0 Å². The average Bonchev–Trinajstić information content (AvgIpc) is 2.37. The summed E-state index contributed by atoms with van der Waals surface area (Å²) >= 11 is 5.96. The summed E-state index contributed by atoms with van der Waals surface area (Å²) in [4.78, 5) is 20.7. The van der Waals surface area contributed by atoms with Gasteiger partial charge in [-0.15, -0.1) is 0 Å². The molecule has 104 valence electrons. The summed E-state index contributed by atoms with van der Waals surface area (Å²) < 4.78 is 0. The highest BCUT2D eigenvalue weighted by atomic mass is 35.5. The predicted octanol–water partition coefficient (Wildman–Crippen LogP) is 3.81. The average molecular weight is 290 g/mol. The monoisotopic (exact) mass is 289 g/mol. The van der Waals surface area contributed by atoms with Crippen LogP contribution in [0.4, 0.5) is 5.82 Å². The first-order valence-corrected chi connectivity index (χ1v) is 6.76. The number of rotatable bonds is 3. The van der Waals surface area contributed by atoms with Crippen LogP contribution < -0.4 is 5.32 Å². The molecule has 0 bridgehead atoms. The lowest BCUT2D eigenvalue weighted by atomic mass is 10.1. The molecule has 0 aliphatic rings. The Labute approximate surface area is 123 Å². The predicted molar refractivity (Wildman–Crippen MR) is 80.3 cm³/mol. The summed E-state index contributed by atoms with van der Waals surface area (Å²) in [7, 11) is 0. The van der Waals surface area contributed by atoms with Crippen LogP contribution in [0.15, 0.2) is 30.3 Å². The van der Waals surface area contributed by atoms with Crippen molar-refractivity contribution in [2.45, 2.75) is 26.7 Å². The van der Waals surface area contributed by atoms with Crippen molar-refractivity contribution in [2.75, 3.05) is 5.32 Å². The van der Waals surface area contributed by atoms with Crippen LogP contribution in [0.25, 0.3) is 0 Å². The fraction of sp³-hybridized carbons (Fsp3) is 0.267. The summed E-state index contributed by atoms with van der Waals surface area (Å²) in [6, 6.07) is 8.77. The highest BCUT2D eigenvalue weighted by Gasteiger charge is 2.12. The summed E-state index contributed by atoms with van der Waals surface area (Å²) in [6.45, 7) is 5.88. The molecular weight excluding hydrogens is 274 g/mol. The SMILES string of the molecule is Cc1cccc(NC(=O)c2cc(Cl)nc(C(C)C)c2)n1. The van der Waals surface area contributed by atoms with Gasteiger partial charge in [0.25, 0.3) is 5.91 Å². The number of halogens is 1. The molecule has 5 heteroatoms. The van der Waals surface area contributed by atoms with Gasteiger partial charge in [-0.05, 0) is 37.1 Å². The molecule has 2 heterocycles. The van der Waals surface area contributed by atoms with Crippen molar-refractivity contribution < 1.29 is 4.79 Å². The number of hydrogen-bond acceptors (Lipinski definition) is 3. The first-order chi connectivity index (χ1) is 9.45. The number of aryl methyl sites for hydroxylation is 1. The van der Waals surface area contributed by atoms with Gasteiger partial charge in [-0.2, -0.15) is 0 Å². The van der Waals surface area contributed by atoms with Crippen LogP contribution >= 0.6 is 11.6 Å². The molecule has 2 aromatic heterocycles. The van der Waals surface area contributed by atoms with Gasteiger partial charge in [-0.3, -0.25) is 4.79 Å². The molecule has 4 nitrogen and oxygen atoms in total. The minimum Gasteiger partial charge on any atom is -0.307 e. The maximum atomic E-state index is 12.2. The number of nitrogens with zero attached hydrogens (tertiary/aromatic N) is 2. The van der Waals surface area contributed by atoms with Crippen LogP contribution in [0.5, 0.6) is 0 Å². The van der Waals surface area contributed by atoms with E-state index in [0.717, 1.165) is 11.4 Å². The molecule has 0 saturated carbocycles. The smallest absolute Gasteiger partial charge is 0.256 e. The van der Waals surface area contributed by atoms with E-state index in [1.54, 1.807) is 18.2 Å². The molecular formula is C15H16ClN3O. The third kappa shape index (κ3) is 3.54. The Hall–Kier alpha value is -1.94. The molecule has 2 rings (SSSR count). The molecule has 0 fully saturated rings. The number of hydrogen-bond donors (Lipinski definition) is 1. The van der Waals surface area contributed by atoms with Crippen LogP contribution in [0.2, 0.25) is 5.15 Å². The number of amides is 1. The maximum Gasteiger partial charge on any atom is 0.256 e. The van der Waals surface area contributed by atoms with Crippen LogP contribution in [0, 0.1) is 6.92 Å². The Morgan fingerprint density at radius 2 is 2.00 bits per heavy atom. The number of carbonyl (C=O) groups excluding carboxylic acids is 1. The minimum absolute atomic E-state index is 0.206. The summed E-state index contributed by atoms with van der Waals surface area (Å²) in [5.74, 6) is 0.487. The van der Waals surface area contributed by atoms with Crippen molar-refractivity contribution in [3.63, 3.8) is 0 Å². The standard InChI is InChI=1S/C15H16ClN3O/c1-9(2)12-7-11(8-13(16)18-12)15(20)19-14-6-4-5-10(3)17-14/h4-9H,1-3H3,(H,17,19,20). The summed E-state index contributed by atoms with van der Waals surface area (Å²) in [6.07, 6.45) is 0. The van der Waals surface area contributed by atoms with E-state index in [4.69, 9.17) is 11.6 Å². The van der Waals surface area contributed by atoms with Crippen molar-refractivity contribution in [3.8, 4) is 0 Å². The van der Waals surface area contributed by atoms with Gasteiger partial charge in [-0.1, -0.05) is 31.5 Å². The topological polar surface area (TPSA) is 54.9 Å². The number of aromatic nitrogens is 2. The van der Waals surface area contributed by atoms with Crippen molar-refractivity contribution in [1.82, 2.24) is 9.97 Å². The number of nitrogens with one attached hydrogen (secondary N) is 1. The lowest BCUT2D eigenvalue weighted by Gasteiger charge is -2.09. The van der Waals surface area contributed by atoms with Gasteiger partial charge in [-0.25, -0.2) is 9.97 Å². The van der Waals surface area contributed by atoms with E-state index in [9.17, 15) is 4.79 Å². The van der Waals surface area contributed by atoms with Crippen LogP contribution in [0.1, 0.15) is 41.5 Å². The second kappa shape index (κ2) is 6.01. The molecule has 1 amide bonds. The van der Waals surface area contributed by atoms with Crippen molar-refractivity contribution in [3.05, 3.63) is 52.4 Å². The van der Waals surface area contributed by atoms with E-state index in [0.29, 0.717) is 16.5 Å². The zero-order chi connectivity index (χ0) is 14.7. The zero-order valence-corrected chi connectivity index (χ0v) is 12.4. The molecule has 0 saturated heterocycles. The van der Waals surface area contributed by atoms with Gasteiger partial charge in [0.1, 0.15) is 11.0 Å². The van der Waals surface area contributed by atoms with Crippen molar-refractivity contribution in [2.24, 2.45) is 0 Å². The Balaban J connectivity index is 2.25. The zero-order valence-electron chi connectivity index (χ0n) is 11.6. The van der Waals surface area contributed by atoms with E-state index in [1.165, 1.54) is 0 Å². The molecule has 0 atom stereocenters. The highest BCUT2D eigenvalue weighted by molar-refractivity contribution is 6.29. The molecule has 0 unspecified atom stereocenters. The second-order valence-electron chi connectivity index (χ2n) is 4.88. The fourth-order valence-corrected chi connectivity index (χ4v) is 1.96. The van der Waals surface area contributed by atoms with Gasteiger partial charge in [0, 0.05) is 17.0 Å². The Kier molecular flexibility index (Phi) is 4.35.